The van der Waals surface area contributed by atoms with Gasteiger partial charge in [-0.1, -0.05) is 0 Å². The van der Waals surface area contributed by atoms with Gasteiger partial charge in [-0.15, -0.1) is 11.3 Å². The molecule has 0 radical (unpaired) electrons. The first-order chi connectivity index (χ1) is 8.72. The Hall–Kier alpha value is -1.46. The van der Waals surface area contributed by atoms with Crippen molar-refractivity contribution in [3.8, 4) is 16.6 Å². The van der Waals surface area contributed by atoms with Gasteiger partial charge >= 0.3 is 0 Å². The summed E-state index contributed by atoms with van der Waals surface area (Å²) in [6, 6.07) is 4.23. The highest BCUT2D eigenvalue weighted by molar-refractivity contribution is 14.1. The summed E-state index contributed by atoms with van der Waals surface area (Å²) in [6.07, 6.45) is 5.30. The van der Waals surface area contributed by atoms with Crippen LogP contribution in [0.5, 0.6) is 0 Å². The monoisotopic (exact) mass is 366 g/mol. The van der Waals surface area contributed by atoms with Crippen molar-refractivity contribution >= 4 is 44.0 Å². The van der Waals surface area contributed by atoms with Crippen LogP contribution in [0.15, 0.2) is 24.7 Å². The molecule has 0 aromatic carbocycles. The van der Waals surface area contributed by atoms with Gasteiger partial charge in [-0.25, -0.2) is 0 Å². The van der Waals surface area contributed by atoms with Gasteiger partial charge in [-0.2, -0.15) is 10.4 Å². The third kappa shape index (κ3) is 1.62. The summed E-state index contributed by atoms with van der Waals surface area (Å²) in [6.45, 7) is 0. The van der Waals surface area contributed by atoms with Crippen LogP contribution in [0, 0.1) is 14.9 Å². The number of aromatic nitrogens is 3. The predicted molar refractivity (Wildman–Crippen MR) is 79.3 cm³/mol. The van der Waals surface area contributed by atoms with Crippen LogP contribution in [0.25, 0.3) is 20.7 Å². The summed E-state index contributed by atoms with van der Waals surface area (Å²) < 4.78 is 3.93. The number of hydrogen-bond donors (Lipinski definition) is 0. The lowest BCUT2D eigenvalue weighted by molar-refractivity contribution is 0.777. The van der Waals surface area contributed by atoms with Crippen molar-refractivity contribution < 1.29 is 0 Å². The van der Waals surface area contributed by atoms with Crippen LogP contribution >= 0.6 is 33.9 Å². The molecule has 0 amide bonds. The Balaban J connectivity index is 2.40. The SMILES string of the molecule is Cn1ncc(I)c1-c1sc2ccncc2c1C#N. The van der Waals surface area contributed by atoms with E-state index in [-0.39, 0.29) is 0 Å². The van der Waals surface area contributed by atoms with Gasteiger partial charge in [-0.05, 0) is 28.7 Å². The lowest BCUT2D eigenvalue weighted by Crippen LogP contribution is -1.94. The Morgan fingerprint density at radius 1 is 1.44 bits per heavy atom. The van der Waals surface area contributed by atoms with Gasteiger partial charge in [0, 0.05) is 29.5 Å². The van der Waals surface area contributed by atoms with Gasteiger partial charge in [0.25, 0.3) is 0 Å². The van der Waals surface area contributed by atoms with Crippen molar-refractivity contribution in [2.45, 2.75) is 0 Å². The average Bonchev–Trinajstić information content (AvgIpc) is 2.89. The van der Waals surface area contributed by atoms with Crippen LogP contribution < -0.4 is 0 Å². The van der Waals surface area contributed by atoms with Crippen molar-refractivity contribution in [2.75, 3.05) is 0 Å². The fourth-order valence-electron chi connectivity index (χ4n) is 1.89. The van der Waals surface area contributed by atoms with Crippen molar-refractivity contribution in [1.29, 1.82) is 5.26 Å². The van der Waals surface area contributed by atoms with Crippen molar-refractivity contribution in [3.63, 3.8) is 0 Å². The molecule has 0 saturated heterocycles. The third-order valence-corrected chi connectivity index (χ3v) is 4.68. The van der Waals surface area contributed by atoms with Crippen LogP contribution in [-0.2, 0) is 7.05 Å². The van der Waals surface area contributed by atoms with E-state index in [4.69, 9.17) is 0 Å². The standard InChI is InChI=1S/C12H7IN4S/c1-17-11(9(13)6-16-17)12-7(4-14)8-5-15-3-2-10(8)18-12/h2-3,5-6H,1H3. The molecule has 0 aliphatic heterocycles. The number of aryl methyl sites for hydroxylation is 1. The fourth-order valence-corrected chi connectivity index (χ4v) is 4.02. The summed E-state index contributed by atoms with van der Waals surface area (Å²) in [5.74, 6) is 0. The van der Waals surface area contributed by atoms with Crippen LogP contribution in [0.2, 0.25) is 0 Å². The molecule has 3 heterocycles. The second kappa shape index (κ2) is 4.33. The summed E-state index contributed by atoms with van der Waals surface area (Å²) in [5, 5.41) is 14.5. The molecule has 88 valence electrons. The van der Waals surface area contributed by atoms with Crippen LogP contribution in [0.1, 0.15) is 5.56 Å². The maximum atomic E-state index is 9.38. The van der Waals surface area contributed by atoms with E-state index in [2.05, 4.69) is 38.7 Å². The zero-order valence-corrected chi connectivity index (χ0v) is 12.4. The van der Waals surface area contributed by atoms with E-state index in [1.165, 1.54) is 0 Å². The van der Waals surface area contributed by atoms with Gasteiger partial charge < -0.3 is 0 Å². The first kappa shape index (κ1) is 11.6. The van der Waals surface area contributed by atoms with E-state index < -0.39 is 0 Å². The molecule has 0 atom stereocenters. The number of halogens is 1. The second-order valence-electron chi connectivity index (χ2n) is 3.75. The second-order valence-corrected chi connectivity index (χ2v) is 5.97. The average molecular weight is 366 g/mol. The topological polar surface area (TPSA) is 54.5 Å². The van der Waals surface area contributed by atoms with E-state index >= 15 is 0 Å². The maximum Gasteiger partial charge on any atom is 0.101 e. The molecule has 0 spiro atoms. The summed E-state index contributed by atoms with van der Waals surface area (Å²) in [5.41, 5.74) is 1.68. The predicted octanol–water partition coefficient (Wildman–Crippen LogP) is 3.17. The number of thiophene rings is 1. The molecule has 6 heteroatoms. The zero-order chi connectivity index (χ0) is 12.7. The molecule has 18 heavy (non-hydrogen) atoms. The number of nitriles is 1. The van der Waals surface area contributed by atoms with Gasteiger partial charge in [0.1, 0.15) is 6.07 Å². The molecule has 0 fully saturated rings. The molecular weight excluding hydrogens is 359 g/mol. The summed E-state index contributed by atoms with van der Waals surface area (Å²) in [4.78, 5) is 5.06. The molecule has 0 N–H and O–H groups in total. The minimum atomic E-state index is 0.685. The number of rotatable bonds is 1. The highest BCUT2D eigenvalue weighted by atomic mass is 127. The molecule has 4 nitrogen and oxygen atoms in total. The molecule has 0 aliphatic rings. The van der Waals surface area contributed by atoms with Gasteiger partial charge in [0.2, 0.25) is 0 Å². The molecule has 3 rings (SSSR count). The first-order valence-corrected chi connectivity index (χ1v) is 7.06. The summed E-state index contributed by atoms with van der Waals surface area (Å²) >= 11 is 3.85. The Kier molecular flexibility index (Phi) is 2.80. The normalized spacial score (nSPS) is 10.7. The maximum absolute atomic E-state index is 9.38. The van der Waals surface area contributed by atoms with E-state index in [0.29, 0.717) is 5.56 Å². The molecule has 0 bridgehead atoms. The minimum absolute atomic E-state index is 0.685. The molecule has 0 saturated carbocycles. The highest BCUT2D eigenvalue weighted by Gasteiger charge is 2.18. The Bertz CT molecular complexity index is 762. The highest BCUT2D eigenvalue weighted by Crippen LogP contribution is 2.39. The molecule has 3 aromatic rings. The van der Waals surface area contributed by atoms with Gasteiger partial charge in [0.15, 0.2) is 0 Å². The lowest BCUT2D eigenvalue weighted by atomic mass is 10.1. The smallest absolute Gasteiger partial charge is 0.101 e. The Morgan fingerprint density at radius 3 is 2.94 bits per heavy atom. The van der Waals surface area contributed by atoms with Crippen molar-refractivity contribution in [2.24, 2.45) is 7.05 Å². The van der Waals surface area contributed by atoms with E-state index in [1.54, 1.807) is 34.6 Å². The number of hydrogen-bond acceptors (Lipinski definition) is 4. The van der Waals surface area contributed by atoms with E-state index in [1.807, 2.05) is 13.1 Å². The van der Waals surface area contributed by atoms with Crippen molar-refractivity contribution in [3.05, 3.63) is 33.8 Å². The Labute approximate surface area is 121 Å². The molecule has 3 aromatic heterocycles. The van der Waals surface area contributed by atoms with Gasteiger partial charge in [0.05, 0.1) is 25.9 Å². The molecule has 0 aliphatic carbocycles. The van der Waals surface area contributed by atoms with Crippen LogP contribution in [0.4, 0.5) is 0 Å². The summed E-state index contributed by atoms with van der Waals surface area (Å²) in [7, 11) is 1.89. The Morgan fingerprint density at radius 2 is 2.28 bits per heavy atom. The minimum Gasteiger partial charge on any atom is -0.266 e. The number of pyridine rings is 1. The zero-order valence-electron chi connectivity index (χ0n) is 9.38. The lowest BCUT2D eigenvalue weighted by Gasteiger charge is -2.00. The fraction of sp³-hybridized carbons (Fsp3) is 0.0833. The quantitative estimate of drug-likeness (QED) is 0.622. The third-order valence-electron chi connectivity index (χ3n) is 2.71. The molecule has 0 unspecified atom stereocenters. The number of nitrogens with zero attached hydrogens (tertiary/aromatic N) is 4. The first-order valence-electron chi connectivity index (χ1n) is 5.17. The van der Waals surface area contributed by atoms with E-state index in [0.717, 1.165) is 24.2 Å². The largest absolute Gasteiger partial charge is 0.266 e. The van der Waals surface area contributed by atoms with Gasteiger partial charge in [-0.3, -0.25) is 9.67 Å². The van der Waals surface area contributed by atoms with Crippen LogP contribution in [-0.4, -0.2) is 14.8 Å². The van der Waals surface area contributed by atoms with Crippen molar-refractivity contribution in [1.82, 2.24) is 14.8 Å². The van der Waals surface area contributed by atoms with Crippen LogP contribution in [0.3, 0.4) is 0 Å². The van der Waals surface area contributed by atoms with E-state index in [9.17, 15) is 5.26 Å². The molecular formula is C12H7IN4S. The number of fused-ring (bicyclic) bond motifs is 1.